The molecule has 3 rings (SSSR count). The number of hydrogen-bond donors (Lipinski definition) is 2. The summed E-state index contributed by atoms with van der Waals surface area (Å²) in [6.07, 6.45) is 0.967. The molecule has 154 valence electrons. The molecule has 1 atom stereocenters. The lowest BCUT2D eigenvalue weighted by molar-refractivity contribution is -0.129. The Hall–Kier alpha value is -2.87. The Bertz CT molecular complexity index is 1030. The number of benzene rings is 2. The number of carbonyl (C=O) groups is 2. The van der Waals surface area contributed by atoms with Crippen LogP contribution in [-0.2, 0) is 19.6 Å². The molecule has 0 spiro atoms. The molecule has 7 nitrogen and oxygen atoms in total. The van der Waals surface area contributed by atoms with Crippen LogP contribution >= 0.6 is 0 Å². The summed E-state index contributed by atoms with van der Waals surface area (Å²) < 4.78 is 33.0. The Kier molecular flexibility index (Phi) is 5.93. The van der Waals surface area contributed by atoms with E-state index in [9.17, 15) is 18.0 Å². The van der Waals surface area contributed by atoms with Gasteiger partial charge in [-0.15, -0.1) is 0 Å². The molecule has 0 saturated heterocycles. The number of sulfonamides is 1. The average Bonchev–Trinajstić information content (AvgIpc) is 3.49. The van der Waals surface area contributed by atoms with Crippen molar-refractivity contribution in [3.05, 3.63) is 59.2 Å². The van der Waals surface area contributed by atoms with Gasteiger partial charge in [-0.05, 0) is 75.1 Å². The third kappa shape index (κ3) is 5.14. The normalized spacial score (nSPS) is 14.7. The Labute approximate surface area is 170 Å². The van der Waals surface area contributed by atoms with Gasteiger partial charge in [0.25, 0.3) is 15.9 Å². The van der Waals surface area contributed by atoms with E-state index in [0.717, 1.165) is 24.0 Å². The molecule has 29 heavy (non-hydrogen) atoms. The zero-order valence-electron chi connectivity index (χ0n) is 16.6. The molecule has 8 heteroatoms. The van der Waals surface area contributed by atoms with Gasteiger partial charge in [-0.2, -0.15) is 0 Å². The number of aryl methyl sites for hydroxylation is 1. The second-order valence-electron chi connectivity index (χ2n) is 7.21. The molecule has 2 aromatic carbocycles. The van der Waals surface area contributed by atoms with Crippen molar-refractivity contribution in [2.45, 2.75) is 50.7 Å². The summed E-state index contributed by atoms with van der Waals surface area (Å²) in [5.74, 6) is -1.02. The first-order valence-corrected chi connectivity index (χ1v) is 10.9. The van der Waals surface area contributed by atoms with Crippen LogP contribution in [-0.4, -0.2) is 32.4 Å². The molecule has 1 saturated carbocycles. The van der Waals surface area contributed by atoms with Crippen molar-refractivity contribution in [1.29, 1.82) is 0 Å². The maximum absolute atomic E-state index is 12.6. The molecule has 1 fully saturated rings. The smallest absolute Gasteiger partial charge is 0.338 e. The van der Waals surface area contributed by atoms with Gasteiger partial charge in [-0.1, -0.05) is 12.1 Å². The van der Waals surface area contributed by atoms with Gasteiger partial charge in [0.1, 0.15) is 0 Å². The first kappa shape index (κ1) is 20.9. The Balaban J connectivity index is 1.67. The lowest BCUT2D eigenvalue weighted by Crippen LogP contribution is -2.37. The highest BCUT2D eigenvalue weighted by atomic mass is 32.2. The van der Waals surface area contributed by atoms with Crippen molar-refractivity contribution < 1.29 is 22.7 Å². The van der Waals surface area contributed by atoms with Gasteiger partial charge in [0, 0.05) is 6.04 Å². The second-order valence-corrected chi connectivity index (χ2v) is 8.89. The zero-order valence-corrected chi connectivity index (χ0v) is 17.4. The van der Waals surface area contributed by atoms with Crippen molar-refractivity contribution in [3.63, 3.8) is 0 Å². The largest absolute Gasteiger partial charge is 0.449 e. The summed E-state index contributed by atoms with van der Waals surface area (Å²) in [5, 5.41) is 2.77. The van der Waals surface area contributed by atoms with Gasteiger partial charge >= 0.3 is 5.97 Å². The highest BCUT2D eigenvalue weighted by Crippen LogP contribution is 2.22. The zero-order chi connectivity index (χ0) is 21.2. The van der Waals surface area contributed by atoms with Crippen molar-refractivity contribution in [3.8, 4) is 0 Å². The molecule has 2 aromatic rings. The molecule has 1 aliphatic rings. The highest BCUT2D eigenvalue weighted by molar-refractivity contribution is 7.92. The van der Waals surface area contributed by atoms with Gasteiger partial charge in [-0.3, -0.25) is 9.52 Å². The van der Waals surface area contributed by atoms with Crippen LogP contribution in [0.2, 0.25) is 0 Å². The summed E-state index contributed by atoms with van der Waals surface area (Å²) in [6.45, 7) is 5.24. The SMILES string of the molecule is Cc1cccc(NS(=O)(=O)c2ccc(C(=O)O[C@@H](C)C(=O)NC3CC3)cc2)c1C. The minimum Gasteiger partial charge on any atom is -0.449 e. The topological polar surface area (TPSA) is 102 Å². The van der Waals surface area contributed by atoms with Gasteiger partial charge in [-0.25, -0.2) is 13.2 Å². The van der Waals surface area contributed by atoms with Crippen molar-refractivity contribution in [2.75, 3.05) is 4.72 Å². The van der Waals surface area contributed by atoms with E-state index in [1.807, 2.05) is 19.9 Å². The predicted molar refractivity (Wildman–Crippen MR) is 109 cm³/mol. The molecule has 1 aliphatic carbocycles. The number of rotatable bonds is 7. The molecule has 0 radical (unpaired) electrons. The maximum Gasteiger partial charge on any atom is 0.338 e. The lowest BCUT2D eigenvalue weighted by Gasteiger charge is -2.14. The van der Waals surface area contributed by atoms with E-state index in [2.05, 4.69) is 10.0 Å². The fourth-order valence-corrected chi connectivity index (χ4v) is 3.79. The van der Waals surface area contributed by atoms with Crippen LogP contribution < -0.4 is 10.0 Å². The molecule has 2 N–H and O–H groups in total. The molecule has 0 unspecified atom stereocenters. The van der Waals surface area contributed by atoms with E-state index in [-0.39, 0.29) is 22.4 Å². The van der Waals surface area contributed by atoms with Crippen LogP contribution in [0.1, 0.15) is 41.3 Å². The fraction of sp³-hybridized carbons (Fsp3) is 0.333. The van der Waals surface area contributed by atoms with Crippen LogP contribution in [0.3, 0.4) is 0 Å². The van der Waals surface area contributed by atoms with E-state index in [4.69, 9.17) is 4.74 Å². The minimum atomic E-state index is -3.80. The minimum absolute atomic E-state index is 0.0227. The fourth-order valence-electron chi connectivity index (χ4n) is 2.66. The quantitative estimate of drug-likeness (QED) is 0.676. The van der Waals surface area contributed by atoms with Gasteiger partial charge in [0.15, 0.2) is 6.10 Å². The highest BCUT2D eigenvalue weighted by Gasteiger charge is 2.27. The number of ether oxygens (including phenoxy) is 1. The van der Waals surface area contributed by atoms with Crippen LogP contribution in [0.15, 0.2) is 47.4 Å². The predicted octanol–water partition coefficient (Wildman–Crippen LogP) is 2.93. The van der Waals surface area contributed by atoms with Crippen LogP contribution in [0.5, 0.6) is 0 Å². The summed E-state index contributed by atoms with van der Waals surface area (Å²) >= 11 is 0. The van der Waals surface area contributed by atoms with Crippen LogP contribution in [0.25, 0.3) is 0 Å². The molecule has 0 heterocycles. The monoisotopic (exact) mass is 416 g/mol. The summed E-state index contributed by atoms with van der Waals surface area (Å²) in [6, 6.07) is 11.0. The number of esters is 1. The average molecular weight is 416 g/mol. The number of carbonyl (C=O) groups excluding carboxylic acids is 2. The lowest BCUT2D eigenvalue weighted by atomic mass is 10.1. The van der Waals surface area contributed by atoms with Gasteiger partial charge in [0.2, 0.25) is 0 Å². The number of amides is 1. The van der Waals surface area contributed by atoms with Crippen LogP contribution in [0, 0.1) is 13.8 Å². The first-order valence-electron chi connectivity index (χ1n) is 9.38. The number of anilines is 1. The van der Waals surface area contributed by atoms with Crippen molar-refractivity contribution in [1.82, 2.24) is 5.32 Å². The van der Waals surface area contributed by atoms with E-state index in [1.165, 1.54) is 31.2 Å². The third-order valence-electron chi connectivity index (χ3n) is 4.83. The molecular formula is C21H24N2O5S. The molecule has 0 aromatic heterocycles. The summed E-state index contributed by atoms with van der Waals surface area (Å²) in [4.78, 5) is 24.1. The van der Waals surface area contributed by atoms with Crippen molar-refractivity contribution >= 4 is 27.6 Å². The summed E-state index contributed by atoms with van der Waals surface area (Å²) in [7, 11) is -3.80. The Morgan fingerprint density at radius 2 is 1.72 bits per heavy atom. The standard InChI is InChI=1S/C21H24N2O5S/c1-13-5-4-6-19(14(13)2)23-29(26,27)18-11-7-16(8-12-18)21(25)28-15(3)20(24)22-17-9-10-17/h4-8,11-12,15,17,23H,9-10H2,1-3H3,(H,22,24)/t15-/m0/s1. The molecule has 1 amide bonds. The van der Waals surface area contributed by atoms with E-state index < -0.39 is 22.1 Å². The van der Waals surface area contributed by atoms with Crippen LogP contribution in [0.4, 0.5) is 5.69 Å². The Morgan fingerprint density at radius 1 is 1.07 bits per heavy atom. The molecule has 0 bridgehead atoms. The Morgan fingerprint density at radius 3 is 2.34 bits per heavy atom. The second kappa shape index (κ2) is 8.24. The number of hydrogen-bond acceptors (Lipinski definition) is 5. The van der Waals surface area contributed by atoms with Crippen molar-refractivity contribution in [2.24, 2.45) is 0 Å². The number of nitrogens with one attached hydrogen (secondary N) is 2. The third-order valence-corrected chi connectivity index (χ3v) is 6.21. The van der Waals surface area contributed by atoms with Gasteiger partial charge in [0.05, 0.1) is 16.1 Å². The molecular weight excluding hydrogens is 392 g/mol. The first-order chi connectivity index (χ1) is 13.7. The van der Waals surface area contributed by atoms with E-state index in [0.29, 0.717) is 5.69 Å². The molecule has 0 aliphatic heterocycles. The van der Waals surface area contributed by atoms with E-state index >= 15 is 0 Å². The maximum atomic E-state index is 12.6. The van der Waals surface area contributed by atoms with Gasteiger partial charge < -0.3 is 10.1 Å². The summed E-state index contributed by atoms with van der Waals surface area (Å²) in [5.41, 5.74) is 2.49. The van der Waals surface area contributed by atoms with E-state index in [1.54, 1.807) is 12.1 Å².